The van der Waals surface area contributed by atoms with Gasteiger partial charge in [0.2, 0.25) is 5.91 Å². The second kappa shape index (κ2) is 10.9. The quantitative estimate of drug-likeness (QED) is 0.441. The van der Waals surface area contributed by atoms with Crippen LogP contribution in [0.4, 0.5) is 15.8 Å². The van der Waals surface area contributed by atoms with Crippen LogP contribution in [-0.2, 0) is 16.1 Å². The number of carbonyl (C=O) groups excluding carboxylic acids is 2. The number of nitrogens with one attached hydrogen (secondary N) is 1. The number of ether oxygens (including phenoxy) is 3. The first kappa shape index (κ1) is 24.1. The number of halogens is 1. The number of amides is 2. The highest BCUT2D eigenvalue weighted by Crippen LogP contribution is 2.37. The maximum absolute atomic E-state index is 13.3. The molecule has 8 heteroatoms. The molecule has 1 unspecified atom stereocenters. The minimum atomic E-state index is -0.644. The van der Waals surface area contributed by atoms with Crippen molar-refractivity contribution in [1.29, 1.82) is 0 Å². The van der Waals surface area contributed by atoms with Crippen LogP contribution >= 0.6 is 0 Å². The van der Waals surface area contributed by atoms with Gasteiger partial charge in [-0.1, -0.05) is 12.1 Å². The van der Waals surface area contributed by atoms with Crippen molar-refractivity contribution >= 4 is 23.2 Å². The third-order valence-electron chi connectivity index (χ3n) is 5.58. The van der Waals surface area contributed by atoms with Gasteiger partial charge >= 0.3 is 0 Å². The molecule has 1 N–H and O–H groups in total. The fourth-order valence-electron chi connectivity index (χ4n) is 3.74. The van der Waals surface area contributed by atoms with Crippen LogP contribution in [0.25, 0.3) is 0 Å². The summed E-state index contributed by atoms with van der Waals surface area (Å²) >= 11 is 0. The molecule has 0 spiro atoms. The predicted octanol–water partition coefficient (Wildman–Crippen LogP) is 4.95. The second-order valence-corrected chi connectivity index (χ2v) is 8.17. The zero-order valence-electron chi connectivity index (χ0n) is 19.6. The zero-order chi connectivity index (χ0) is 24.8. The van der Waals surface area contributed by atoms with Crippen molar-refractivity contribution in [3.63, 3.8) is 0 Å². The van der Waals surface area contributed by atoms with Crippen LogP contribution in [0.5, 0.6) is 17.2 Å². The lowest BCUT2D eigenvalue weighted by Crippen LogP contribution is -2.44. The first-order valence-corrected chi connectivity index (χ1v) is 11.4. The molecule has 0 aromatic heterocycles. The van der Waals surface area contributed by atoms with E-state index in [1.54, 1.807) is 49.3 Å². The van der Waals surface area contributed by atoms with E-state index >= 15 is 0 Å². The molecule has 0 saturated carbocycles. The van der Waals surface area contributed by atoms with Gasteiger partial charge in [0.05, 0.1) is 25.9 Å². The summed E-state index contributed by atoms with van der Waals surface area (Å²) in [6, 6.07) is 18.4. The lowest BCUT2D eigenvalue weighted by molar-refractivity contribution is -0.125. The van der Waals surface area contributed by atoms with Gasteiger partial charge in [0.25, 0.3) is 5.91 Å². The molecule has 1 atom stereocenters. The number of methoxy groups -OCH3 is 1. The predicted molar refractivity (Wildman–Crippen MR) is 130 cm³/mol. The van der Waals surface area contributed by atoms with Gasteiger partial charge in [-0.05, 0) is 73.5 Å². The molecule has 182 valence electrons. The zero-order valence-corrected chi connectivity index (χ0v) is 19.6. The summed E-state index contributed by atoms with van der Waals surface area (Å²) in [4.78, 5) is 26.9. The minimum absolute atomic E-state index is 0.162. The van der Waals surface area contributed by atoms with Crippen LogP contribution in [0.3, 0.4) is 0 Å². The van der Waals surface area contributed by atoms with E-state index in [1.807, 2.05) is 24.3 Å². The second-order valence-electron chi connectivity index (χ2n) is 8.17. The van der Waals surface area contributed by atoms with Crippen molar-refractivity contribution in [1.82, 2.24) is 0 Å². The van der Waals surface area contributed by atoms with Gasteiger partial charge in [0.1, 0.15) is 23.1 Å². The molecular weight excluding hydrogens is 451 g/mol. The molecule has 2 amide bonds. The Morgan fingerprint density at radius 2 is 1.77 bits per heavy atom. The average molecular weight is 479 g/mol. The smallest absolute Gasteiger partial charge is 0.268 e. The topological polar surface area (TPSA) is 77.1 Å². The Morgan fingerprint density at radius 3 is 2.49 bits per heavy atom. The highest BCUT2D eigenvalue weighted by Gasteiger charge is 2.31. The molecule has 7 nitrogen and oxygen atoms in total. The molecular formula is C27H27FN2O5. The van der Waals surface area contributed by atoms with E-state index in [0.29, 0.717) is 35.9 Å². The van der Waals surface area contributed by atoms with E-state index in [0.717, 1.165) is 11.3 Å². The van der Waals surface area contributed by atoms with E-state index in [2.05, 4.69) is 5.32 Å². The van der Waals surface area contributed by atoms with Crippen LogP contribution in [0, 0.1) is 5.82 Å². The van der Waals surface area contributed by atoms with Crippen LogP contribution in [-0.4, -0.2) is 31.6 Å². The summed E-state index contributed by atoms with van der Waals surface area (Å²) in [7, 11) is 1.60. The number of nitrogens with zero attached hydrogens (tertiary/aromatic N) is 1. The Morgan fingerprint density at radius 1 is 1.06 bits per heavy atom. The largest absolute Gasteiger partial charge is 0.497 e. The molecule has 3 aromatic carbocycles. The van der Waals surface area contributed by atoms with Crippen LogP contribution in [0.2, 0.25) is 0 Å². The van der Waals surface area contributed by atoms with Gasteiger partial charge in [0, 0.05) is 12.1 Å². The number of hydrogen-bond acceptors (Lipinski definition) is 5. The normalized spacial score (nSPS) is 14.7. The standard InChI is InChI=1S/C27H27FN2O5/c1-18-27(32)30(17-19-5-7-20(28)8-6-19)24-16-21(9-14-25(24)35-18)29-26(31)4-3-15-34-23-12-10-22(33-2)11-13-23/h5-14,16,18H,3-4,15,17H2,1-2H3,(H,29,31). The van der Waals surface area contributed by atoms with Gasteiger partial charge in [-0.2, -0.15) is 0 Å². The fraction of sp³-hybridized carbons (Fsp3) is 0.259. The number of fused-ring (bicyclic) bond motifs is 1. The minimum Gasteiger partial charge on any atom is -0.497 e. The first-order chi connectivity index (χ1) is 16.9. The fourth-order valence-corrected chi connectivity index (χ4v) is 3.74. The Kier molecular flexibility index (Phi) is 7.50. The summed E-state index contributed by atoms with van der Waals surface area (Å²) in [5, 5.41) is 2.87. The van der Waals surface area contributed by atoms with Crippen LogP contribution in [0.15, 0.2) is 66.7 Å². The first-order valence-electron chi connectivity index (χ1n) is 11.4. The highest BCUT2D eigenvalue weighted by molar-refractivity contribution is 6.01. The molecule has 1 heterocycles. The SMILES string of the molecule is COc1ccc(OCCCC(=O)Nc2ccc3c(c2)N(Cc2ccc(F)cc2)C(=O)C(C)O3)cc1. The maximum Gasteiger partial charge on any atom is 0.268 e. The van der Waals surface area contributed by atoms with Gasteiger partial charge in [-0.25, -0.2) is 4.39 Å². The van der Waals surface area contributed by atoms with Crippen LogP contribution < -0.4 is 24.4 Å². The highest BCUT2D eigenvalue weighted by atomic mass is 19.1. The molecule has 35 heavy (non-hydrogen) atoms. The van der Waals surface area contributed by atoms with Crippen molar-refractivity contribution in [3.05, 3.63) is 78.1 Å². The summed E-state index contributed by atoms with van der Waals surface area (Å²) in [5.41, 5.74) is 1.89. The third-order valence-corrected chi connectivity index (χ3v) is 5.58. The molecule has 0 bridgehead atoms. The van der Waals surface area contributed by atoms with Gasteiger partial charge in [-0.15, -0.1) is 0 Å². The summed E-state index contributed by atoms with van der Waals surface area (Å²) in [6.45, 7) is 2.35. The average Bonchev–Trinajstić information content (AvgIpc) is 2.86. The number of carbonyl (C=O) groups is 2. The van der Waals surface area contributed by atoms with Gasteiger partial charge in [-0.3, -0.25) is 9.59 Å². The Hall–Kier alpha value is -4.07. The molecule has 0 fully saturated rings. The number of hydrogen-bond donors (Lipinski definition) is 1. The Balaban J connectivity index is 1.36. The molecule has 0 radical (unpaired) electrons. The third kappa shape index (κ3) is 6.09. The molecule has 1 aliphatic rings. The van der Waals surface area contributed by atoms with E-state index in [1.165, 1.54) is 12.1 Å². The number of rotatable bonds is 9. The summed E-state index contributed by atoms with van der Waals surface area (Å²) in [6.07, 6.45) is 0.173. The monoisotopic (exact) mass is 478 g/mol. The van der Waals surface area contributed by atoms with Crippen molar-refractivity contribution in [3.8, 4) is 17.2 Å². The van der Waals surface area contributed by atoms with E-state index < -0.39 is 6.10 Å². The molecule has 4 rings (SSSR count). The lowest BCUT2D eigenvalue weighted by Gasteiger charge is -2.33. The molecule has 0 aliphatic carbocycles. The summed E-state index contributed by atoms with van der Waals surface area (Å²) in [5.74, 6) is 1.30. The Labute approximate surface area is 203 Å². The molecule has 3 aromatic rings. The van der Waals surface area contributed by atoms with Gasteiger partial charge in [0.15, 0.2) is 6.10 Å². The summed E-state index contributed by atoms with van der Waals surface area (Å²) < 4.78 is 29.8. The van der Waals surface area contributed by atoms with Crippen LogP contribution in [0.1, 0.15) is 25.3 Å². The van der Waals surface area contributed by atoms with Crippen molar-refractivity contribution in [2.45, 2.75) is 32.4 Å². The number of anilines is 2. The van der Waals surface area contributed by atoms with E-state index in [9.17, 15) is 14.0 Å². The van der Waals surface area contributed by atoms with Crippen molar-refractivity contribution in [2.24, 2.45) is 0 Å². The van der Waals surface area contributed by atoms with E-state index in [4.69, 9.17) is 14.2 Å². The molecule has 0 saturated heterocycles. The van der Waals surface area contributed by atoms with Crippen molar-refractivity contribution < 1.29 is 28.2 Å². The molecule has 1 aliphatic heterocycles. The van der Waals surface area contributed by atoms with Crippen molar-refractivity contribution in [2.75, 3.05) is 23.9 Å². The maximum atomic E-state index is 13.3. The van der Waals surface area contributed by atoms with Gasteiger partial charge < -0.3 is 24.4 Å². The van der Waals surface area contributed by atoms with E-state index in [-0.39, 0.29) is 30.6 Å². The lowest BCUT2D eigenvalue weighted by atomic mass is 10.1. The Bertz CT molecular complexity index is 1180. The number of benzene rings is 3.